The van der Waals surface area contributed by atoms with Crippen LogP contribution in [0.15, 0.2) is 18.2 Å². The largest absolute Gasteiger partial charge is 0.481 e. The van der Waals surface area contributed by atoms with Crippen molar-refractivity contribution in [2.45, 2.75) is 38.1 Å². The van der Waals surface area contributed by atoms with Crippen molar-refractivity contribution >= 4 is 35.1 Å². The predicted octanol–water partition coefficient (Wildman–Crippen LogP) is 2.59. The van der Waals surface area contributed by atoms with E-state index < -0.39 is 23.7 Å². The average molecular weight is 383 g/mol. The molecular weight excluding hydrogens is 363 g/mol. The van der Waals surface area contributed by atoms with Crippen LogP contribution in [-0.4, -0.2) is 35.5 Å². The standard InChI is InChI=1S/C18H20ClFN2O4/c19-13-9-12(4-5-14(13)20)22-7-6-15(17(22)24)21-16(23)10-2-1-3-11(8-10)18(25)26/h4-5,9-11,15H,1-3,6-8H2,(H,21,23)(H,25,26). The molecule has 0 radical (unpaired) electrons. The van der Waals surface area contributed by atoms with Crippen LogP contribution < -0.4 is 10.2 Å². The van der Waals surface area contributed by atoms with Gasteiger partial charge in [0, 0.05) is 18.2 Å². The SMILES string of the molecule is O=C(O)C1CCCC(C(=O)NC2CCN(c3ccc(F)c(Cl)c3)C2=O)C1. The van der Waals surface area contributed by atoms with Gasteiger partial charge < -0.3 is 15.3 Å². The number of halogens is 2. The van der Waals surface area contributed by atoms with E-state index in [1.165, 1.54) is 23.1 Å². The van der Waals surface area contributed by atoms with E-state index in [4.69, 9.17) is 16.7 Å². The van der Waals surface area contributed by atoms with Gasteiger partial charge in [0.25, 0.3) is 0 Å². The Hall–Kier alpha value is -2.15. The molecule has 0 bridgehead atoms. The number of benzene rings is 1. The van der Waals surface area contributed by atoms with Crippen molar-refractivity contribution in [3.63, 3.8) is 0 Å². The molecule has 2 fully saturated rings. The number of hydrogen-bond donors (Lipinski definition) is 2. The Balaban J connectivity index is 1.62. The lowest BCUT2D eigenvalue weighted by Gasteiger charge is -2.26. The van der Waals surface area contributed by atoms with Crippen LogP contribution in [0.4, 0.5) is 10.1 Å². The van der Waals surface area contributed by atoms with Crippen LogP contribution in [0.2, 0.25) is 5.02 Å². The van der Waals surface area contributed by atoms with E-state index in [1.807, 2.05) is 0 Å². The summed E-state index contributed by atoms with van der Waals surface area (Å²) < 4.78 is 13.3. The van der Waals surface area contributed by atoms with Gasteiger partial charge in [-0.05, 0) is 43.9 Å². The predicted molar refractivity (Wildman–Crippen MR) is 93.4 cm³/mol. The quantitative estimate of drug-likeness (QED) is 0.838. The van der Waals surface area contributed by atoms with E-state index >= 15 is 0 Å². The van der Waals surface area contributed by atoms with E-state index in [9.17, 15) is 18.8 Å². The van der Waals surface area contributed by atoms with Crippen LogP contribution in [0.3, 0.4) is 0 Å². The highest BCUT2D eigenvalue weighted by atomic mass is 35.5. The van der Waals surface area contributed by atoms with Gasteiger partial charge in [-0.2, -0.15) is 0 Å². The van der Waals surface area contributed by atoms with E-state index in [2.05, 4.69) is 5.32 Å². The number of carboxylic acid groups (broad SMARTS) is 1. The molecular formula is C18H20ClFN2O4. The van der Waals surface area contributed by atoms with Crippen LogP contribution in [0.5, 0.6) is 0 Å². The summed E-state index contributed by atoms with van der Waals surface area (Å²) in [6, 6.07) is 3.40. The van der Waals surface area contributed by atoms with Gasteiger partial charge in [-0.1, -0.05) is 18.0 Å². The molecule has 3 rings (SSSR count). The van der Waals surface area contributed by atoms with Crippen LogP contribution in [0.25, 0.3) is 0 Å². The minimum Gasteiger partial charge on any atom is -0.481 e. The normalized spacial score (nSPS) is 26.0. The Morgan fingerprint density at radius 1 is 1.23 bits per heavy atom. The van der Waals surface area contributed by atoms with Crippen molar-refractivity contribution in [3.8, 4) is 0 Å². The summed E-state index contributed by atoms with van der Waals surface area (Å²) in [5, 5.41) is 11.8. The molecule has 140 valence electrons. The first-order valence-electron chi connectivity index (χ1n) is 8.66. The topological polar surface area (TPSA) is 86.7 Å². The highest BCUT2D eigenvalue weighted by Crippen LogP contribution is 2.30. The number of nitrogens with zero attached hydrogens (tertiary/aromatic N) is 1. The third-order valence-corrected chi connectivity index (χ3v) is 5.42. The summed E-state index contributed by atoms with van der Waals surface area (Å²) in [4.78, 5) is 37.6. The summed E-state index contributed by atoms with van der Waals surface area (Å²) in [7, 11) is 0. The Morgan fingerprint density at radius 3 is 2.65 bits per heavy atom. The van der Waals surface area contributed by atoms with Gasteiger partial charge in [0.15, 0.2) is 0 Å². The molecule has 0 spiro atoms. The second-order valence-electron chi connectivity index (χ2n) is 6.84. The zero-order valence-electron chi connectivity index (χ0n) is 14.1. The minimum atomic E-state index is -0.876. The van der Waals surface area contributed by atoms with Gasteiger partial charge in [0.1, 0.15) is 11.9 Å². The fourth-order valence-electron chi connectivity index (χ4n) is 3.66. The molecule has 1 aromatic carbocycles. The number of hydrogen-bond acceptors (Lipinski definition) is 3. The number of carbonyl (C=O) groups excluding carboxylic acids is 2. The van der Waals surface area contributed by atoms with E-state index in [-0.39, 0.29) is 22.8 Å². The molecule has 0 aromatic heterocycles. The first kappa shape index (κ1) is 18.6. The molecule has 3 unspecified atom stereocenters. The fraction of sp³-hybridized carbons (Fsp3) is 0.500. The number of rotatable bonds is 4. The van der Waals surface area contributed by atoms with Crippen LogP contribution in [-0.2, 0) is 14.4 Å². The van der Waals surface area contributed by atoms with Crippen molar-refractivity contribution < 1.29 is 23.9 Å². The van der Waals surface area contributed by atoms with Crippen LogP contribution in [0.1, 0.15) is 32.1 Å². The molecule has 2 amide bonds. The molecule has 1 heterocycles. The van der Waals surface area contributed by atoms with Crippen molar-refractivity contribution in [1.82, 2.24) is 5.32 Å². The molecule has 3 atom stereocenters. The molecule has 1 aliphatic heterocycles. The molecule has 2 aliphatic rings. The number of carbonyl (C=O) groups is 3. The third kappa shape index (κ3) is 3.82. The Labute approximate surface area is 155 Å². The van der Waals surface area contributed by atoms with Gasteiger partial charge in [-0.15, -0.1) is 0 Å². The average Bonchev–Trinajstić information content (AvgIpc) is 2.98. The highest BCUT2D eigenvalue weighted by Gasteiger charge is 2.37. The van der Waals surface area contributed by atoms with E-state index in [0.717, 1.165) is 0 Å². The zero-order valence-corrected chi connectivity index (χ0v) is 14.8. The monoisotopic (exact) mass is 382 g/mol. The Bertz CT molecular complexity index is 742. The second kappa shape index (κ2) is 7.61. The van der Waals surface area contributed by atoms with Gasteiger partial charge in [0.05, 0.1) is 10.9 Å². The van der Waals surface area contributed by atoms with Crippen LogP contribution in [0, 0.1) is 17.7 Å². The summed E-state index contributed by atoms with van der Waals surface area (Å²) in [5.74, 6) is -2.86. The zero-order chi connectivity index (χ0) is 18.8. The number of aliphatic carboxylic acids is 1. The van der Waals surface area contributed by atoms with E-state index in [1.54, 1.807) is 0 Å². The smallest absolute Gasteiger partial charge is 0.306 e. The summed E-state index contributed by atoms with van der Waals surface area (Å²) in [5.41, 5.74) is 0.488. The van der Waals surface area contributed by atoms with Crippen LogP contribution >= 0.6 is 11.6 Å². The lowest BCUT2D eigenvalue weighted by atomic mass is 9.81. The lowest BCUT2D eigenvalue weighted by Crippen LogP contribution is -2.45. The Morgan fingerprint density at radius 2 is 1.96 bits per heavy atom. The molecule has 1 aromatic rings. The fourth-order valence-corrected chi connectivity index (χ4v) is 3.84. The highest BCUT2D eigenvalue weighted by molar-refractivity contribution is 6.31. The molecule has 1 aliphatic carbocycles. The van der Waals surface area contributed by atoms with Crippen molar-refractivity contribution in [2.75, 3.05) is 11.4 Å². The van der Waals surface area contributed by atoms with Crippen molar-refractivity contribution in [1.29, 1.82) is 0 Å². The van der Waals surface area contributed by atoms with Gasteiger partial charge >= 0.3 is 5.97 Å². The van der Waals surface area contributed by atoms with Crippen molar-refractivity contribution in [3.05, 3.63) is 29.0 Å². The third-order valence-electron chi connectivity index (χ3n) is 5.13. The van der Waals surface area contributed by atoms with E-state index in [0.29, 0.717) is 44.3 Å². The Kier molecular flexibility index (Phi) is 5.46. The summed E-state index contributed by atoms with van der Waals surface area (Å²) in [6.07, 6.45) is 2.65. The number of nitrogens with one attached hydrogen (secondary N) is 1. The van der Waals surface area contributed by atoms with Gasteiger partial charge in [0.2, 0.25) is 11.8 Å². The molecule has 1 saturated heterocycles. The summed E-state index contributed by atoms with van der Waals surface area (Å²) >= 11 is 5.77. The first-order chi connectivity index (χ1) is 12.4. The number of amides is 2. The first-order valence-corrected chi connectivity index (χ1v) is 9.04. The second-order valence-corrected chi connectivity index (χ2v) is 7.24. The van der Waals surface area contributed by atoms with Crippen molar-refractivity contribution in [2.24, 2.45) is 11.8 Å². The molecule has 2 N–H and O–H groups in total. The molecule has 8 heteroatoms. The maximum Gasteiger partial charge on any atom is 0.306 e. The van der Waals surface area contributed by atoms with Gasteiger partial charge in [-0.25, -0.2) is 4.39 Å². The summed E-state index contributed by atoms with van der Waals surface area (Å²) in [6.45, 7) is 0.397. The maximum atomic E-state index is 13.3. The number of carboxylic acids is 1. The van der Waals surface area contributed by atoms with Gasteiger partial charge in [-0.3, -0.25) is 14.4 Å². The number of anilines is 1. The molecule has 6 nitrogen and oxygen atoms in total. The lowest BCUT2D eigenvalue weighted by molar-refractivity contribution is -0.144. The molecule has 1 saturated carbocycles. The maximum absolute atomic E-state index is 13.3. The minimum absolute atomic E-state index is 0.0651. The molecule has 26 heavy (non-hydrogen) atoms.